The van der Waals surface area contributed by atoms with Gasteiger partial charge in [0.25, 0.3) is 5.91 Å². The second-order valence-electron chi connectivity index (χ2n) is 8.85. The number of para-hydroxylation sites is 1. The number of rotatable bonds is 4. The molecule has 2 amide bonds. The quantitative estimate of drug-likeness (QED) is 0.598. The average Bonchev–Trinajstić information content (AvgIpc) is 2.91. The third-order valence-corrected chi connectivity index (χ3v) is 7.02. The Hall–Kier alpha value is -3.80. The van der Waals surface area contributed by atoms with Gasteiger partial charge in [0.05, 0.1) is 19.1 Å². The molecule has 0 aliphatic carbocycles. The van der Waals surface area contributed by atoms with Crippen LogP contribution in [-0.2, 0) is 4.79 Å². The van der Waals surface area contributed by atoms with Gasteiger partial charge in [-0.05, 0) is 41.5 Å². The number of carbonyl (C=O) groups excluding carboxylic acids is 2. The second-order valence-corrected chi connectivity index (χ2v) is 8.85. The summed E-state index contributed by atoms with van der Waals surface area (Å²) in [4.78, 5) is 33.3. The molecule has 1 saturated heterocycles. The smallest absolute Gasteiger partial charge is 0.254 e. The first kappa shape index (κ1) is 22.0. The summed E-state index contributed by atoms with van der Waals surface area (Å²) in [7, 11) is 3.42. The zero-order valence-corrected chi connectivity index (χ0v) is 19.6. The van der Waals surface area contributed by atoms with Crippen molar-refractivity contribution in [1.29, 1.82) is 0 Å². The number of hydrogen-bond donors (Lipinski definition) is 0. The van der Waals surface area contributed by atoms with Crippen molar-refractivity contribution in [3.05, 3.63) is 95.6 Å². The lowest BCUT2D eigenvalue weighted by Gasteiger charge is -2.43. The summed E-state index contributed by atoms with van der Waals surface area (Å²) in [5, 5.41) is 0. The fourth-order valence-corrected chi connectivity index (χ4v) is 5.18. The maximum absolute atomic E-state index is 14.1. The molecule has 2 atom stereocenters. The van der Waals surface area contributed by atoms with Crippen LogP contribution in [0.5, 0.6) is 5.75 Å². The lowest BCUT2D eigenvalue weighted by molar-refractivity contribution is -0.134. The number of benzene rings is 3. The third kappa shape index (κ3) is 3.89. The lowest BCUT2D eigenvalue weighted by Crippen LogP contribution is -2.53. The van der Waals surface area contributed by atoms with Gasteiger partial charge in [0, 0.05) is 44.5 Å². The van der Waals surface area contributed by atoms with Gasteiger partial charge in [0.2, 0.25) is 5.91 Å². The normalized spacial score (nSPS) is 20.2. The maximum atomic E-state index is 14.1. The number of piperazine rings is 1. The first-order chi connectivity index (χ1) is 16.6. The molecule has 0 unspecified atom stereocenters. The molecule has 5 rings (SSSR count). The van der Waals surface area contributed by atoms with E-state index in [2.05, 4.69) is 17.0 Å². The van der Waals surface area contributed by atoms with Gasteiger partial charge in [-0.25, -0.2) is 0 Å². The summed E-state index contributed by atoms with van der Waals surface area (Å²) >= 11 is 0. The van der Waals surface area contributed by atoms with E-state index in [1.54, 1.807) is 19.1 Å². The Morgan fingerprint density at radius 2 is 1.50 bits per heavy atom. The molecule has 2 aliphatic heterocycles. The maximum Gasteiger partial charge on any atom is 0.254 e. The Bertz CT molecular complexity index is 1170. The van der Waals surface area contributed by atoms with Gasteiger partial charge in [-0.3, -0.25) is 9.59 Å². The van der Waals surface area contributed by atoms with E-state index in [1.165, 1.54) is 5.69 Å². The van der Waals surface area contributed by atoms with Crippen molar-refractivity contribution in [3.63, 3.8) is 0 Å². The van der Waals surface area contributed by atoms with Crippen LogP contribution in [0.15, 0.2) is 78.9 Å². The van der Waals surface area contributed by atoms with E-state index < -0.39 is 5.92 Å². The fourth-order valence-electron chi connectivity index (χ4n) is 5.18. The molecule has 0 radical (unpaired) electrons. The van der Waals surface area contributed by atoms with E-state index in [4.69, 9.17) is 4.74 Å². The molecule has 34 heavy (non-hydrogen) atoms. The monoisotopic (exact) mass is 455 g/mol. The molecule has 0 saturated carbocycles. The van der Waals surface area contributed by atoms with Crippen molar-refractivity contribution in [2.75, 3.05) is 45.2 Å². The molecular weight excluding hydrogens is 426 g/mol. The van der Waals surface area contributed by atoms with E-state index >= 15 is 0 Å². The first-order valence-electron chi connectivity index (χ1n) is 11.7. The largest absolute Gasteiger partial charge is 0.497 e. The Labute approximate surface area is 200 Å². The third-order valence-electron chi connectivity index (χ3n) is 7.02. The van der Waals surface area contributed by atoms with Crippen LogP contribution >= 0.6 is 0 Å². The zero-order valence-electron chi connectivity index (χ0n) is 19.6. The predicted molar refractivity (Wildman–Crippen MR) is 132 cm³/mol. The van der Waals surface area contributed by atoms with Crippen LogP contribution < -0.4 is 9.64 Å². The molecule has 2 heterocycles. The van der Waals surface area contributed by atoms with Crippen molar-refractivity contribution >= 4 is 17.5 Å². The highest BCUT2D eigenvalue weighted by Gasteiger charge is 2.44. The molecule has 0 spiro atoms. The van der Waals surface area contributed by atoms with Crippen LogP contribution in [0.1, 0.15) is 33.4 Å². The van der Waals surface area contributed by atoms with E-state index in [-0.39, 0.29) is 17.9 Å². The SMILES string of the molecule is COc1ccc([C@@H]2[C@H](C(=O)N3CCN(c4ccccc4)CC3)c3ccccc3C(=O)N2C)cc1. The number of likely N-dealkylation sites (N-methyl/N-ethyl adjacent to an activating group) is 1. The van der Waals surface area contributed by atoms with Crippen molar-refractivity contribution in [2.45, 2.75) is 12.0 Å². The number of amides is 2. The minimum absolute atomic E-state index is 0.0608. The Morgan fingerprint density at radius 1 is 0.853 bits per heavy atom. The highest BCUT2D eigenvalue weighted by molar-refractivity contribution is 6.01. The Balaban J connectivity index is 1.46. The number of carbonyl (C=O) groups is 2. The van der Waals surface area contributed by atoms with E-state index in [1.807, 2.05) is 71.6 Å². The highest BCUT2D eigenvalue weighted by Crippen LogP contribution is 2.43. The number of ether oxygens (including phenoxy) is 1. The van der Waals surface area contributed by atoms with Crippen molar-refractivity contribution in [3.8, 4) is 5.75 Å². The first-order valence-corrected chi connectivity index (χ1v) is 11.7. The van der Waals surface area contributed by atoms with E-state index in [0.717, 1.165) is 30.0 Å². The van der Waals surface area contributed by atoms with Gasteiger partial charge < -0.3 is 19.4 Å². The zero-order chi connectivity index (χ0) is 23.7. The van der Waals surface area contributed by atoms with Gasteiger partial charge in [-0.1, -0.05) is 48.5 Å². The molecule has 6 nitrogen and oxygen atoms in total. The fraction of sp³-hybridized carbons (Fsp3) is 0.286. The van der Waals surface area contributed by atoms with Gasteiger partial charge >= 0.3 is 0 Å². The summed E-state index contributed by atoms with van der Waals surface area (Å²) in [5.74, 6) is 0.291. The van der Waals surface area contributed by atoms with Crippen molar-refractivity contribution in [1.82, 2.24) is 9.80 Å². The van der Waals surface area contributed by atoms with Crippen LogP contribution in [0.3, 0.4) is 0 Å². The summed E-state index contributed by atoms with van der Waals surface area (Å²) in [6.45, 7) is 2.87. The second kappa shape index (κ2) is 9.21. The van der Waals surface area contributed by atoms with Crippen LogP contribution in [0.4, 0.5) is 5.69 Å². The standard InChI is InChI=1S/C28H29N3O3/c1-29-26(20-12-14-22(34-2)15-13-20)25(23-10-6-7-11-24(23)27(29)32)28(33)31-18-16-30(17-19-31)21-8-4-3-5-9-21/h3-15,25-26H,16-19H2,1-2H3/t25-,26-/m1/s1. The van der Waals surface area contributed by atoms with E-state index in [0.29, 0.717) is 18.7 Å². The topological polar surface area (TPSA) is 53.1 Å². The summed E-state index contributed by atoms with van der Waals surface area (Å²) in [6.07, 6.45) is 0. The number of methoxy groups -OCH3 is 1. The number of fused-ring (bicyclic) bond motifs is 1. The Kier molecular flexibility index (Phi) is 5.97. The molecule has 3 aromatic rings. The van der Waals surface area contributed by atoms with Crippen LogP contribution in [-0.4, -0.2) is 62.0 Å². The summed E-state index contributed by atoms with van der Waals surface area (Å²) < 4.78 is 5.32. The lowest BCUT2D eigenvalue weighted by atomic mass is 9.79. The van der Waals surface area contributed by atoms with Gasteiger partial charge in [0.15, 0.2) is 0 Å². The van der Waals surface area contributed by atoms with Gasteiger partial charge in [-0.2, -0.15) is 0 Å². The molecule has 0 aromatic heterocycles. The van der Waals surface area contributed by atoms with Crippen LogP contribution in [0, 0.1) is 0 Å². The summed E-state index contributed by atoms with van der Waals surface area (Å²) in [6, 6.07) is 25.1. The van der Waals surface area contributed by atoms with E-state index in [9.17, 15) is 9.59 Å². The number of nitrogens with zero attached hydrogens (tertiary/aromatic N) is 3. The molecule has 6 heteroatoms. The minimum Gasteiger partial charge on any atom is -0.497 e. The van der Waals surface area contributed by atoms with Crippen molar-refractivity contribution in [2.24, 2.45) is 0 Å². The molecule has 0 bridgehead atoms. The molecule has 1 fully saturated rings. The summed E-state index contributed by atoms with van der Waals surface area (Å²) in [5.41, 5.74) is 3.52. The van der Waals surface area contributed by atoms with Gasteiger partial charge in [-0.15, -0.1) is 0 Å². The molecular formula is C28H29N3O3. The highest BCUT2D eigenvalue weighted by atomic mass is 16.5. The van der Waals surface area contributed by atoms with Crippen LogP contribution in [0.25, 0.3) is 0 Å². The molecule has 2 aliphatic rings. The van der Waals surface area contributed by atoms with Crippen LogP contribution in [0.2, 0.25) is 0 Å². The van der Waals surface area contributed by atoms with Gasteiger partial charge in [0.1, 0.15) is 5.75 Å². The molecule has 0 N–H and O–H groups in total. The minimum atomic E-state index is -0.462. The molecule has 3 aromatic carbocycles. The average molecular weight is 456 g/mol. The number of hydrogen-bond acceptors (Lipinski definition) is 4. The Morgan fingerprint density at radius 3 is 2.18 bits per heavy atom. The predicted octanol–water partition coefficient (Wildman–Crippen LogP) is 3.95. The number of anilines is 1. The van der Waals surface area contributed by atoms with Crippen molar-refractivity contribution < 1.29 is 14.3 Å². The molecule has 174 valence electrons.